The van der Waals surface area contributed by atoms with Crippen LogP contribution in [0.5, 0.6) is 0 Å². The van der Waals surface area contributed by atoms with E-state index >= 15 is 0 Å². The van der Waals surface area contributed by atoms with Crippen molar-refractivity contribution >= 4 is 17.3 Å². The third-order valence-corrected chi connectivity index (χ3v) is 7.64. The van der Waals surface area contributed by atoms with Crippen molar-refractivity contribution < 1.29 is 4.79 Å². The zero-order valence-corrected chi connectivity index (χ0v) is 18.2. The van der Waals surface area contributed by atoms with Crippen molar-refractivity contribution in [3.05, 3.63) is 59.7 Å². The largest absolute Gasteiger partial charge is 0.366 e. The lowest BCUT2D eigenvalue weighted by atomic mass is 9.81. The van der Waals surface area contributed by atoms with E-state index in [0.29, 0.717) is 23.7 Å². The first-order valence-corrected chi connectivity index (χ1v) is 11.9. The number of primary amides is 1. The summed E-state index contributed by atoms with van der Waals surface area (Å²) in [5, 5.41) is 7.43. The van der Waals surface area contributed by atoms with Gasteiger partial charge in [0.05, 0.1) is 18.0 Å². The molecule has 3 aliphatic rings. The van der Waals surface area contributed by atoms with Gasteiger partial charge in [-0.25, -0.2) is 0 Å². The monoisotopic (exact) mass is 418 g/mol. The second-order valence-electron chi connectivity index (χ2n) is 9.53. The van der Waals surface area contributed by atoms with E-state index in [4.69, 9.17) is 5.73 Å². The summed E-state index contributed by atoms with van der Waals surface area (Å²) >= 11 is 0. The van der Waals surface area contributed by atoms with E-state index in [-0.39, 0.29) is 5.91 Å². The van der Waals surface area contributed by atoms with E-state index in [0.717, 1.165) is 18.3 Å². The minimum absolute atomic E-state index is 0.368. The van der Waals surface area contributed by atoms with Crippen LogP contribution in [0.25, 0.3) is 0 Å². The number of benzene rings is 2. The maximum Gasteiger partial charge on any atom is 0.248 e. The molecule has 5 heteroatoms. The Bertz CT molecular complexity index is 899. The lowest BCUT2D eigenvalue weighted by molar-refractivity contribution is 0.100. The van der Waals surface area contributed by atoms with Gasteiger partial charge < -0.3 is 21.3 Å². The van der Waals surface area contributed by atoms with Gasteiger partial charge in [0.2, 0.25) is 5.91 Å². The van der Waals surface area contributed by atoms with Gasteiger partial charge in [-0.15, -0.1) is 0 Å². The zero-order valence-electron chi connectivity index (χ0n) is 18.2. The van der Waals surface area contributed by atoms with Gasteiger partial charge in [0, 0.05) is 23.7 Å². The highest BCUT2D eigenvalue weighted by Gasteiger charge is 2.31. The molecule has 2 saturated carbocycles. The first kappa shape index (κ1) is 20.4. The Morgan fingerprint density at radius 1 is 0.903 bits per heavy atom. The van der Waals surface area contributed by atoms with E-state index in [1.165, 1.54) is 62.6 Å². The predicted molar refractivity (Wildman–Crippen MR) is 127 cm³/mol. The number of carbonyl (C=O) groups excluding carboxylic acids is 1. The molecule has 0 aromatic heterocycles. The number of rotatable bonds is 5. The second kappa shape index (κ2) is 8.91. The number of nitrogens with two attached hydrogens (primary N) is 1. The average Bonchev–Trinajstić information content (AvgIpc) is 3.24. The first-order valence-electron chi connectivity index (χ1n) is 11.9. The summed E-state index contributed by atoms with van der Waals surface area (Å²) in [5.41, 5.74) is 9.76. The van der Waals surface area contributed by atoms with Crippen molar-refractivity contribution in [2.75, 3.05) is 16.9 Å². The molecule has 0 saturated heterocycles. The van der Waals surface area contributed by atoms with Gasteiger partial charge in [-0.2, -0.15) is 0 Å². The molecule has 164 valence electrons. The van der Waals surface area contributed by atoms with Crippen LogP contribution in [-0.4, -0.2) is 30.7 Å². The lowest BCUT2D eigenvalue weighted by Crippen LogP contribution is -2.46. The number of anilines is 2. The molecule has 1 amide bonds. The van der Waals surface area contributed by atoms with Gasteiger partial charge >= 0.3 is 0 Å². The van der Waals surface area contributed by atoms with Crippen molar-refractivity contribution in [2.45, 2.75) is 75.4 Å². The SMILES string of the molecule is NC(=O)c1ccc2c(c1)NCN2C1CCC(NC2CCC(c3ccccc3)CC2)CC1. The van der Waals surface area contributed by atoms with Crippen LogP contribution in [0, 0.1) is 0 Å². The van der Waals surface area contributed by atoms with Crippen molar-refractivity contribution in [1.29, 1.82) is 0 Å². The summed E-state index contributed by atoms with van der Waals surface area (Å²) in [4.78, 5) is 13.9. The highest BCUT2D eigenvalue weighted by molar-refractivity contribution is 5.95. The van der Waals surface area contributed by atoms with E-state index in [9.17, 15) is 4.79 Å². The molecule has 0 bridgehead atoms. The van der Waals surface area contributed by atoms with Crippen LogP contribution in [0.15, 0.2) is 48.5 Å². The van der Waals surface area contributed by atoms with Crippen LogP contribution >= 0.6 is 0 Å². The number of nitrogens with one attached hydrogen (secondary N) is 2. The standard InChI is InChI=1S/C26H34N4O/c27-26(31)20-8-15-25-24(16-20)28-17-30(25)23-13-11-22(12-14-23)29-21-9-6-19(7-10-21)18-4-2-1-3-5-18/h1-5,8,15-16,19,21-23,28-29H,6-7,9-14,17H2,(H2,27,31). The van der Waals surface area contributed by atoms with Gasteiger partial charge in [-0.3, -0.25) is 4.79 Å². The Kier molecular flexibility index (Phi) is 5.86. The van der Waals surface area contributed by atoms with Crippen molar-refractivity contribution in [3.63, 3.8) is 0 Å². The van der Waals surface area contributed by atoms with Crippen molar-refractivity contribution in [1.82, 2.24) is 5.32 Å². The fourth-order valence-corrected chi connectivity index (χ4v) is 5.87. The third kappa shape index (κ3) is 4.42. The summed E-state index contributed by atoms with van der Waals surface area (Å²) in [6, 6.07) is 18.7. The zero-order chi connectivity index (χ0) is 21.2. The Labute approximate surface area is 185 Å². The molecule has 0 spiro atoms. The molecule has 0 atom stereocenters. The normalized spacial score (nSPS) is 28.1. The van der Waals surface area contributed by atoms with Gasteiger partial charge in [-0.1, -0.05) is 30.3 Å². The summed E-state index contributed by atoms with van der Waals surface area (Å²) in [6.07, 6.45) is 10.1. The highest BCUT2D eigenvalue weighted by Crippen LogP contribution is 2.38. The predicted octanol–water partition coefficient (Wildman–Crippen LogP) is 4.60. The molecular formula is C26H34N4O. The molecule has 1 heterocycles. The molecule has 31 heavy (non-hydrogen) atoms. The van der Waals surface area contributed by atoms with Crippen LogP contribution < -0.4 is 21.3 Å². The molecule has 2 aliphatic carbocycles. The second-order valence-corrected chi connectivity index (χ2v) is 9.53. The number of hydrogen-bond acceptors (Lipinski definition) is 4. The molecule has 5 nitrogen and oxygen atoms in total. The number of carbonyl (C=O) groups is 1. The van der Waals surface area contributed by atoms with E-state index < -0.39 is 0 Å². The highest BCUT2D eigenvalue weighted by atomic mass is 16.1. The Morgan fingerprint density at radius 2 is 1.58 bits per heavy atom. The Morgan fingerprint density at radius 3 is 2.26 bits per heavy atom. The average molecular weight is 419 g/mol. The molecule has 2 aromatic rings. The summed E-state index contributed by atoms with van der Waals surface area (Å²) in [7, 11) is 0. The van der Waals surface area contributed by atoms with Crippen LogP contribution in [0.3, 0.4) is 0 Å². The molecule has 0 radical (unpaired) electrons. The lowest BCUT2D eigenvalue weighted by Gasteiger charge is -2.38. The van der Waals surface area contributed by atoms with Gasteiger partial charge in [0.15, 0.2) is 0 Å². The van der Waals surface area contributed by atoms with Crippen LogP contribution in [0.1, 0.15) is 73.2 Å². The Balaban J connectivity index is 1.10. The van der Waals surface area contributed by atoms with Crippen molar-refractivity contribution in [2.24, 2.45) is 5.73 Å². The number of amides is 1. The van der Waals surface area contributed by atoms with Crippen molar-refractivity contribution in [3.8, 4) is 0 Å². The molecule has 2 aromatic carbocycles. The number of fused-ring (bicyclic) bond motifs is 1. The van der Waals surface area contributed by atoms with Crippen LogP contribution in [-0.2, 0) is 0 Å². The molecule has 5 rings (SSSR count). The van der Waals surface area contributed by atoms with Crippen LogP contribution in [0.2, 0.25) is 0 Å². The molecular weight excluding hydrogens is 384 g/mol. The fraction of sp³-hybridized carbons (Fsp3) is 0.500. The summed E-state index contributed by atoms with van der Waals surface area (Å²) in [5.74, 6) is 0.375. The molecule has 4 N–H and O–H groups in total. The first-order chi connectivity index (χ1) is 15.2. The minimum atomic E-state index is -0.368. The maximum atomic E-state index is 11.4. The van der Waals surface area contributed by atoms with Gasteiger partial charge in [0.25, 0.3) is 0 Å². The van der Waals surface area contributed by atoms with Gasteiger partial charge in [0.1, 0.15) is 0 Å². The summed E-state index contributed by atoms with van der Waals surface area (Å²) < 4.78 is 0. The molecule has 0 unspecified atom stereocenters. The van der Waals surface area contributed by atoms with Gasteiger partial charge in [-0.05, 0) is 81.0 Å². The van der Waals surface area contributed by atoms with E-state index in [2.05, 4.69) is 45.9 Å². The smallest absolute Gasteiger partial charge is 0.248 e. The topological polar surface area (TPSA) is 70.4 Å². The van der Waals surface area contributed by atoms with E-state index in [1.807, 2.05) is 18.2 Å². The fourth-order valence-electron chi connectivity index (χ4n) is 5.87. The minimum Gasteiger partial charge on any atom is -0.366 e. The van der Waals surface area contributed by atoms with Crippen LogP contribution in [0.4, 0.5) is 11.4 Å². The van der Waals surface area contributed by atoms with E-state index in [1.54, 1.807) is 0 Å². The quantitative estimate of drug-likeness (QED) is 0.664. The molecule has 2 fully saturated rings. The third-order valence-electron chi connectivity index (χ3n) is 7.64. The maximum absolute atomic E-state index is 11.4. The number of nitrogens with zero attached hydrogens (tertiary/aromatic N) is 1. The summed E-state index contributed by atoms with van der Waals surface area (Å²) in [6.45, 7) is 0.823. The molecule has 1 aliphatic heterocycles. The Hall–Kier alpha value is -2.53. The number of hydrogen-bond donors (Lipinski definition) is 3.